The number of thiocarbonyl (C=S) groups is 1. The summed E-state index contributed by atoms with van der Waals surface area (Å²) >= 11 is 5.71. The van der Waals surface area contributed by atoms with Crippen LogP contribution in [0.4, 0.5) is 10.5 Å². The highest BCUT2D eigenvalue weighted by molar-refractivity contribution is 7.80. The van der Waals surface area contributed by atoms with Crippen molar-refractivity contribution in [1.82, 2.24) is 15.2 Å². The van der Waals surface area contributed by atoms with Crippen LogP contribution in [0.25, 0.3) is 0 Å². The summed E-state index contributed by atoms with van der Waals surface area (Å²) in [5.74, 6) is -0.901. The molecule has 0 saturated heterocycles. The quantitative estimate of drug-likeness (QED) is 0.324. The smallest absolute Gasteiger partial charge is 0.410 e. The van der Waals surface area contributed by atoms with Gasteiger partial charge in [0.25, 0.3) is 5.91 Å². The molecule has 9 nitrogen and oxygen atoms in total. The molecule has 39 heavy (non-hydrogen) atoms. The number of esters is 1. The number of aromatic nitrogens is 1. The van der Waals surface area contributed by atoms with Crippen molar-refractivity contribution < 1.29 is 23.9 Å². The predicted octanol–water partition coefficient (Wildman–Crippen LogP) is 5.16. The largest absolute Gasteiger partial charge is 0.461 e. The van der Waals surface area contributed by atoms with Gasteiger partial charge in [0.05, 0.1) is 25.4 Å². The minimum atomic E-state index is -0.605. The number of nitrogens with one attached hydrogen (secondary N) is 2. The molecule has 2 aromatic carbocycles. The zero-order valence-electron chi connectivity index (χ0n) is 22.4. The predicted molar refractivity (Wildman–Crippen MR) is 151 cm³/mol. The minimum absolute atomic E-state index is 0.119. The first-order valence-corrected chi connectivity index (χ1v) is 13.1. The maximum absolute atomic E-state index is 12.9. The lowest BCUT2D eigenvalue weighted by Gasteiger charge is -2.27. The van der Waals surface area contributed by atoms with E-state index in [1.807, 2.05) is 45.0 Å². The monoisotopic (exact) mass is 548 g/mol. The van der Waals surface area contributed by atoms with E-state index in [9.17, 15) is 14.4 Å². The van der Waals surface area contributed by atoms with Crippen molar-refractivity contribution in [3.63, 3.8) is 0 Å². The third-order valence-electron chi connectivity index (χ3n) is 6.06. The van der Waals surface area contributed by atoms with Gasteiger partial charge in [-0.15, -0.1) is 0 Å². The van der Waals surface area contributed by atoms with Gasteiger partial charge in [-0.05, 0) is 74.8 Å². The van der Waals surface area contributed by atoms with Crippen LogP contribution in [0.2, 0.25) is 0 Å². The molecule has 1 aliphatic heterocycles. The van der Waals surface area contributed by atoms with Gasteiger partial charge in [-0.3, -0.25) is 15.0 Å². The Balaban J connectivity index is 1.64. The molecule has 4 rings (SSSR count). The topological polar surface area (TPSA) is 104 Å². The molecule has 0 saturated carbocycles. The Morgan fingerprint density at radius 3 is 2.49 bits per heavy atom. The van der Waals surface area contributed by atoms with E-state index in [-0.39, 0.29) is 36.0 Å². The van der Waals surface area contributed by atoms with Crippen LogP contribution in [-0.4, -0.2) is 45.2 Å². The van der Waals surface area contributed by atoms with Gasteiger partial charge in [0.2, 0.25) is 0 Å². The second-order valence-electron chi connectivity index (χ2n) is 10.1. The van der Waals surface area contributed by atoms with E-state index >= 15 is 0 Å². The maximum atomic E-state index is 12.9. The molecular weight excluding hydrogens is 516 g/mol. The van der Waals surface area contributed by atoms with Gasteiger partial charge in [-0.1, -0.05) is 36.4 Å². The zero-order valence-corrected chi connectivity index (χ0v) is 23.3. The average molecular weight is 549 g/mol. The Kier molecular flexibility index (Phi) is 8.35. The number of fused-ring (bicyclic) bond motifs is 1. The standard InChI is InChI=1S/C29H32N4O5S/c1-5-37-26(35)24-23(14-15-30-24)33(27(39)31-25(34)19-10-7-6-8-11-19)17-21-13-9-12-20-16-32(18-22(20)21)28(36)38-29(2,3)4/h6-15,30H,5,16-18H2,1-4H3,(H,31,34,39). The van der Waals surface area contributed by atoms with Crippen molar-refractivity contribution >= 4 is 41.0 Å². The van der Waals surface area contributed by atoms with Crippen LogP contribution in [-0.2, 0) is 29.1 Å². The van der Waals surface area contributed by atoms with Gasteiger partial charge in [-0.25, -0.2) is 9.59 Å². The fourth-order valence-electron chi connectivity index (χ4n) is 4.31. The number of rotatable bonds is 6. The van der Waals surface area contributed by atoms with Gasteiger partial charge in [0.1, 0.15) is 11.3 Å². The zero-order chi connectivity index (χ0) is 28.2. The van der Waals surface area contributed by atoms with E-state index in [1.54, 1.807) is 53.3 Å². The van der Waals surface area contributed by atoms with Crippen molar-refractivity contribution in [2.75, 3.05) is 11.5 Å². The molecule has 2 heterocycles. The molecule has 0 unspecified atom stereocenters. The fraction of sp³-hybridized carbons (Fsp3) is 0.310. The molecular formula is C29H32N4O5S. The molecule has 0 fully saturated rings. The number of hydrogen-bond donors (Lipinski definition) is 2. The average Bonchev–Trinajstić information content (AvgIpc) is 3.55. The highest BCUT2D eigenvalue weighted by atomic mass is 32.1. The molecule has 1 aliphatic rings. The van der Waals surface area contributed by atoms with Crippen molar-refractivity contribution in [3.8, 4) is 0 Å². The van der Waals surface area contributed by atoms with Crippen LogP contribution < -0.4 is 10.2 Å². The number of hydrogen-bond acceptors (Lipinski definition) is 6. The van der Waals surface area contributed by atoms with Crippen LogP contribution in [0, 0.1) is 0 Å². The summed E-state index contributed by atoms with van der Waals surface area (Å²) in [6, 6.07) is 16.3. The van der Waals surface area contributed by atoms with E-state index in [0.29, 0.717) is 24.3 Å². The van der Waals surface area contributed by atoms with E-state index in [0.717, 1.165) is 16.7 Å². The first kappa shape index (κ1) is 27.8. The molecule has 204 valence electrons. The van der Waals surface area contributed by atoms with E-state index in [1.165, 1.54) is 0 Å². The Hall–Kier alpha value is -4.18. The fourth-order valence-corrected chi connectivity index (χ4v) is 4.57. The van der Waals surface area contributed by atoms with Crippen LogP contribution >= 0.6 is 12.2 Å². The lowest BCUT2D eigenvalue weighted by atomic mass is 10.0. The molecule has 2 N–H and O–H groups in total. The van der Waals surface area contributed by atoms with Gasteiger partial charge in [0, 0.05) is 18.3 Å². The summed E-state index contributed by atoms with van der Waals surface area (Å²) in [4.78, 5) is 44.7. The Morgan fingerprint density at radius 1 is 1.05 bits per heavy atom. The minimum Gasteiger partial charge on any atom is -0.461 e. The highest BCUT2D eigenvalue weighted by Gasteiger charge is 2.31. The van der Waals surface area contributed by atoms with Crippen molar-refractivity contribution in [3.05, 3.63) is 88.7 Å². The van der Waals surface area contributed by atoms with Crippen molar-refractivity contribution in [1.29, 1.82) is 0 Å². The molecule has 2 amide bonds. The number of H-pyrrole nitrogens is 1. The molecule has 3 aromatic rings. The summed E-state index contributed by atoms with van der Waals surface area (Å²) in [5.41, 5.74) is 3.39. The molecule has 0 spiro atoms. The second kappa shape index (κ2) is 11.7. The molecule has 0 bridgehead atoms. The summed E-state index contributed by atoms with van der Waals surface area (Å²) in [6.45, 7) is 8.47. The maximum Gasteiger partial charge on any atom is 0.410 e. The Labute approximate surface area is 233 Å². The summed E-state index contributed by atoms with van der Waals surface area (Å²) < 4.78 is 10.8. The van der Waals surface area contributed by atoms with Crippen LogP contribution in [0.5, 0.6) is 0 Å². The molecule has 1 aromatic heterocycles. The number of anilines is 1. The number of amides is 2. The van der Waals surface area contributed by atoms with E-state index < -0.39 is 11.6 Å². The first-order valence-electron chi connectivity index (χ1n) is 12.7. The van der Waals surface area contributed by atoms with Gasteiger partial charge in [-0.2, -0.15) is 0 Å². The van der Waals surface area contributed by atoms with Gasteiger partial charge < -0.3 is 19.4 Å². The number of nitrogens with zero attached hydrogens (tertiary/aromatic N) is 2. The number of carbonyl (C=O) groups is 3. The third-order valence-corrected chi connectivity index (χ3v) is 6.38. The van der Waals surface area contributed by atoms with Crippen LogP contribution in [0.15, 0.2) is 60.8 Å². The summed E-state index contributed by atoms with van der Waals surface area (Å²) in [6.07, 6.45) is 1.23. The first-order chi connectivity index (χ1) is 18.6. The molecule has 10 heteroatoms. The number of carbonyl (C=O) groups excluding carboxylic acids is 3. The van der Waals surface area contributed by atoms with Gasteiger partial charge >= 0.3 is 12.1 Å². The summed E-state index contributed by atoms with van der Waals surface area (Å²) in [7, 11) is 0. The Bertz CT molecular complexity index is 1380. The highest BCUT2D eigenvalue weighted by Crippen LogP contribution is 2.30. The number of ether oxygens (including phenoxy) is 2. The molecule has 0 aliphatic carbocycles. The second-order valence-corrected chi connectivity index (χ2v) is 10.4. The normalized spacial score (nSPS) is 12.5. The van der Waals surface area contributed by atoms with E-state index in [2.05, 4.69) is 10.3 Å². The van der Waals surface area contributed by atoms with Crippen molar-refractivity contribution in [2.45, 2.75) is 52.9 Å². The SMILES string of the molecule is CCOC(=O)c1[nH]ccc1N(Cc1cccc2c1CN(C(=O)OC(C)(C)C)C2)C(=S)NC(=O)c1ccccc1. The lowest BCUT2D eigenvalue weighted by molar-refractivity contribution is 0.0241. The van der Waals surface area contributed by atoms with Crippen LogP contribution in [0.1, 0.15) is 65.2 Å². The van der Waals surface area contributed by atoms with E-state index in [4.69, 9.17) is 21.7 Å². The number of benzene rings is 2. The number of aromatic amines is 1. The van der Waals surface area contributed by atoms with Gasteiger partial charge in [0.15, 0.2) is 5.11 Å². The molecule has 0 atom stereocenters. The lowest BCUT2D eigenvalue weighted by Crippen LogP contribution is -2.43. The summed E-state index contributed by atoms with van der Waals surface area (Å²) in [5, 5.41) is 2.91. The Morgan fingerprint density at radius 2 is 1.79 bits per heavy atom. The van der Waals surface area contributed by atoms with Crippen molar-refractivity contribution in [2.24, 2.45) is 0 Å². The third kappa shape index (κ3) is 6.64. The molecule has 0 radical (unpaired) electrons. The van der Waals surface area contributed by atoms with Crippen LogP contribution in [0.3, 0.4) is 0 Å².